The lowest BCUT2D eigenvalue weighted by Gasteiger charge is -2.32. The molecule has 1 unspecified atom stereocenters. The van der Waals surface area contributed by atoms with Crippen LogP contribution in [0.4, 0.5) is 0 Å². The van der Waals surface area contributed by atoms with Crippen LogP contribution in [0, 0.1) is 5.92 Å². The number of nitrogens with zero attached hydrogens (tertiary/aromatic N) is 1. The molecule has 13 heavy (non-hydrogen) atoms. The maximum Gasteiger partial charge on any atom is 0.248 e. The SMILES string of the molecule is CC(C)CN1CC(CO)OCC1=O. The van der Waals surface area contributed by atoms with E-state index < -0.39 is 0 Å². The third kappa shape index (κ3) is 2.97. The maximum atomic E-state index is 11.3. The molecule has 1 aliphatic rings. The minimum atomic E-state index is -0.198. The molecule has 76 valence electrons. The van der Waals surface area contributed by atoms with Gasteiger partial charge >= 0.3 is 0 Å². The Kier molecular flexibility index (Phi) is 3.69. The highest BCUT2D eigenvalue weighted by atomic mass is 16.5. The largest absolute Gasteiger partial charge is 0.394 e. The Labute approximate surface area is 78.5 Å². The molecule has 1 aliphatic heterocycles. The van der Waals surface area contributed by atoms with E-state index in [1.807, 2.05) is 0 Å². The van der Waals surface area contributed by atoms with Crippen LogP contribution in [0.2, 0.25) is 0 Å². The minimum absolute atomic E-state index is 0.0120. The highest BCUT2D eigenvalue weighted by molar-refractivity contribution is 5.78. The third-order valence-electron chi connectivity index (χ3n) is 2.01. The Morgan fingerprint density at radius 2 is 2.38 bits per heavy atom. The third-order valence-corrected chi connectivity index (χ3v) is 2.01. The van der Waals surface area contributed by atoms with Crippen LogP contribution >= 0.6 is 0 Å². The van der Waals surface area contributed by atoms with Gasteiger partial charge in [-0.1, -0.05) is 13.8 Å². The van der Waals surface area contributed by atoms with E-state index in [1.165, 1.54) is 0 Å². The molecular weight excluding hydrogens is 170 g/mol. The second-order valence-corrected chi connectivity index (χ2v) is 3.81. The first-order valence-electron chi connectivity index (χ1n) is 4.63. The Hall–Kier alpha value is -0.610. The lowest BCUT2D eigenvalue weighted by atomic mass is 10.2. The average Bonchev–Trinajstić information content (AvgIpc) is 2.08. The van der Waals surface area contributed by atoms with E-state index >= 15 is 0 Å². The molecule has 0 aromatic heterocycles. The fraction of sp³-hybridized carbons (Fsp3) is 0.889. The van der Waals surface area contributed by atoms with Gasteiger partial charge in [-0.15, -0.1) is 0 Å². The van der Waals surface area contributed by atoms with Crippen molar-refractivity contribution < 1.29 is 14.6 Å². The molecule has 0 bridgehead atoms. The number of ether oxygens (including phenoxy) is 1. The summed E-state index contributed by atoms with van der Waals surface area (Å²) in [5.41, 5.74) is 0. The van der Waals surface area contributed by atoms with Crippen molar-refractivity contribution in [1.29, 1.82) is 0 Å². The van der Waals surface area contributed by atoms with E-state index in [9.17, 15) is 4.79 Å². The summed E-state index contributed by atoms with van der Waals surface area (Å²) in [7, 11) is 0. The van der Waals surface area contributed by atoms with E-state index in [-0.39, 0.29) is 25.2 Å². The van der Waals surface area contributed by atoms with Crippen LogP contribution in [-0.4, -0.2) is 48.3 Å². The molecule has 0 aliphatic carbocycles. The lowest BCUT2D eigenvalue weighted by molar-refractivity contribution is -0.151. The van der Waals surface area contributed by atoms with E-state index in [0.29, 0.717) is 12.5 Å². The topological polar surface area (TPSA) is 49.8 Å². The average molecular weight is 187 g/mol. The molecule has 1 fully saturated rings. The van der Waals surface area contributed by atoms with Crippen LogP contribution in [0.3, 0.4) is 0 Å². The molecule has 1 saturated heterocycles. The van der Waals surface area contributed by atoms with Crippen molar-refractivity contribution in [3.8, 4) is 0 Å². The molecule has 1 N–H and O–H groups in total. The Morgan fingerprint density at radius 1 is 1.69 bits per heavy atom. The maximum absolute atomic E-state index is 11.3. The van der Waals surface area contributed by atoms with Gasteiger partial charge in [0.15, 0.2) is 0 Å². The quantitative estimate of drug-likeness (QED) is 0.669. The van der Waals surface area contributed by atoms with Gasteiger partial charge in [0.1, 0.15) is 6.61 Å². The molecule has 4 heteroatoms. The fourth-order valence-electron chi connectivity index (χ4n) is 1.41. The van der Waals surface area contributed by atoms with Gasteiger partial charge in [-0.3, -0.25) is 4.79 Å². The standard InChI is InChI=1S/C9H17NO3/c1-7(2)3-10-4-8(5-11)13-6-9(10)12/h7-8,11H,3-6H2,1-2H3. The van der Waals surface area contributed by atoms with Crippen molar-refractivity contribution in [3.05, 3.63) is 0 Å². The second-order valence-electron chi connectivity index (χ2n) is 3.81. The zero-order valence-corrected chi connectivity index (χ0v) is 8.19. The van der Waals surface area contributed by atoms with E-state index in [1.54, 1.807) is 4.90 Å². The smallest absolute Gasteiger partial charge is 0.248 e. The number of hydrogen-bond acceptors (Lipinski definition) is 3. The zero-order chi connectivity index (χ0) is 9.84. The van der Waals surface area contributed by atoms with Gasteiger partial charge in [0.2, 0.25) is 5.91 Å². The first-order valence-corrected chi connectivity index (χ1v) is 4.63. The summed E-state index contributed by atoms with van der Waals surface area (Å²) in [4.78, 5) is 13.1. The molecule has 0 radical (unpaired) electrons. The highest BCUT2D eigenvalue weighted by Gasteiger charge is 2.25. The summed E-state index contributed by atoms with van der Waals surface area (Å²) in [6, 6.07) is 0. The summed E-state index contributed by atoms with van der Waals surface area (Å²) in [6.07, 6.45) is -0.198. The zero-order valence-electron chi connectivity index (χ0n) is 8.19. The Bertz CT molecular complexity index is 182. The predicted octanol–water partition coefficient (Wildman–Crippen LogP) is -0.138. The van der Waals surface area contributed by atoms with Gasteiger partial charge in [0, 0.05) is 13.1 Å². The van der Waals surface area contributed by atoms with E-state index in [4.69, 9.17) is 9.84 Å². The highest BCUT2D eigenvalue weighted by Crippen LogP contribution is 2.08. The molecule has 1 rings (SSSR count). The van der Waals surface area contributed by atoms with Crippen LogP contribution in [0.5, 0.6) is 0 Å². The number of carbonyl (C=O) groups is 1. The van der Waals surface area contributed by atoms with E-state index in [0.717, 1.165) is 6.54 Å². The van der Waals surface area contributed by atoms with Crippen molar-refractivity contribution in [3.63, 3.8) is 0 Å². The van der Waals surface area contributed by atoms with Gasteiger partial charge in [-0.05, 0) is 5.92 Å². The van der Waals surface area contributed by atoms with E-state index in [2.05, 4.69) is 13.8 Å². The molecule has 4 nitrogen and oxygen atoms in total. The fourth-order valence-corrected chi connectivity index (χ4v) is 1.41. The number of carbonyl (C=O) groups excluding carboxylic acids is 1. The normalized spacial score (nSPS) is 24.2. The molecule has 0 aromatic rings. The molecule has 1 heterocycles. The van der Waals surface area contributed by atoms with Crippen LogP contribution in [0.1, 0.15) is 13.8 Å². The van der Waals surface area contributed by atoms with Crippen LogP contribution in [0.25, 0.3) is 0 Å². The number of amides is 1. The number of rotatable bonds is 3. The van der Waals surface area contributed by atoms with Crippen LogP contribution < -0.4 is 0 Å². The summed E-state index contributed by atoms with van der Waals surface area (Å²) >= 11 is 0. The van der Waals surface area contributed by atoms with Crippen LogP contribution in [0.15, 0.2) is 0 Å². The van der Waals surface area contributed by atoms with Crippen LogP contribution in [-0.2, 0) is 9.53 Å². The Balaban J connectivity index is 2.45. The molecule has 1 atom stereocenters. The first kappa shape index (κ1) is 10.5. The lowest BCUT2D eigenvalue weighted by Crippen LogP contribution is -2.49. The number of morpholine rings is 1. The summed E-state index contributed by atoms with van der Waals surface area (Å²) in [6.45, 7) is 5.50. The summed E-state index contributed by atoms with van der Waals surface area (Å²) < 4.78 is 5.11. The second kappa shape index (κ2) is 4.58. The molecule has 1 amide bonds. The van der Waals surface area contributed by atoms with Crippen molar-refractivity contribution in [2.75, 3.05) is 26.3 Å². The van der Waals surface area contributed by atoms with Crippen molar-refractivity contribution >= 4 is 5.91 Å². The van der Waals surface area contributed by atoms with Gasteiger partial charge in [-0.25, -0.2) is 0 Å². The minimum Gasteiger partial charge on any atom is -0.394 e. The Morgan fingerprint density at radius 3 is 2.92 bits per heavy atom. The molecule has 0 aromatic carbocycles. The number of aliphatic hydroxyl groups is 1. The summed E-state index contributed by atoms with van der Waals surface area (Å²) in [5, 5.41) is 8.87. The van der Waals surface area contributed by atoms with Gasteiger partial charge in [0.05, 0.1) is 12.7 Å². The molecule has 0 spiro atoms. The van der Waals surface area contributed by atoms with Gasteiger partial charge in [-0.2, -0.15) is 0 Å². The van der Waals surface area contributed by atoms with Crippen molar-refractivity contribution in [2.24, 2.45) is 5.92 Å². The van der Waals surface area contributed by atoms with Crippen molar-refractivity contribution in [2.45, 2.75) is 20.0 Å². The van der Waals surface area contributed by atoms with Gasteiger partial charge in [0.25, 0.3) is 0 Å². The monoisotopic (exact) mass is 187 g/mol. The molecule has 0 saturated carbocycles. The van der Waals surface area contributed by atoms with Crippen molar-refractivity contribution in [1.82, 2.24) is 4.90 Å². The summed E-state index contributed by atoms with van der Waals surface area (Å²) in [5.74, 6) is 0.486. The number of hydrogen-bond donors (Lipinski definition) is 1. The van der Waals surface area contributed by atoms with Gasteiger partial charge < -0.3 is 14.7 Å². The first-order chi connectivity index (χ1) is 6.13. The molecular formula is C9H17NO3. The predicted molar refractivity (Wildman–Crippen MR) is 48.2 cm³/mol. The number of aliphatic hydroxyl groups excluding tert-OH is 1.